The van der Waals surface area contributed by atoms with E-state index in [1.807, 2.05) is 23.5 Å². The lowest BCUT2D eigenvalue weighted by atomic mass is 10.1. The minimum atomic E-state index is 0.689. The molecule has 0 unspecified atom stereocenters. The molecular weight excluding hydrogens is 282 g/mol. The standard InChI is InChI=1S/C15H29N5S/c1-6-13-12(14(7-2)20(4)19-13)11-18-15(16-8-3)17-9-10-21-5/h6-11H2,1-5H3,(H2,16,17,18). The number of aliphatic imine (C=N–C) groups is 1. The molecule has 0 atom stereocenters. The molecule has 0 bridgehead atoms. The molecular formula is C15H29N5S. The molecule has 0 amide bonds. The largest absolute Gasteiger partial charge is 0.357 e. The van der Waals surface area contributed by atoms with Crippen molar-refractivity contribution in [2.75, 3.05) is 25.1 Å². The van der Waals surface area contributed by atoms with E-state index in [2.05, 4.69) is 42.8 Å². The molecule has 2 N–H and O–H groups in total. The fourth-order valence-electron chi connectivity index (χ4n) is 2.34. The molecule has 5 nitrogen and oxygen atoms in total. The van der Waals surface area contributed by atoms with Crippen LogP contribution in [-0.2, 0) is 26.4 Å². The van der Waals surface area contributed by atoms with E-state index in [0.29, 0.717) is 6.54 Å². The number of rotatable bonds is 8. The Kier molecular flexibility index (Phi) is 8.27. The van der Waals surface area contributed by atoms with Crippen molar-refractivity contribution in [1.29, 1.82) is 0 Å². The Morgan fingerprint density at radius 1 is 1.24 bits per heavy atom. The smallest absolute Gasteiger partial charge is 0.191 e. The van der Waals surface area contributed by atoms with Gasteiger partial charge in [-0.1, -0.05) is 13.8 Å². The van der Waals surface area contributed by atoms with Gasteiger partial charge in [0.2, 0.25) is 0 Å². The highest BCUT2D eigenvalue weighted by Crippen LogP contribution is 2.16. The van der Waals surface area contributed by atoms with Gasteiger partial charge in [0.25, 0.3) is 0 Å². The normalized spacial score (nSPS) is 11.8. The molecule has 1 heterocycles. The lowest BCUT2D eigenvalue weighted by Gasteiger charge is -2.11. The predicted octanol–water partition coefficient (Wildman–Crippen LogP) is 1.96. The summed E-state index contributed by atoms with van der Waals surface area (Å²) in [6.07, 6.45) is 4.06. The number of aryl methyl sites for hydroxylation is 2. The summed E-state index contributed by atoms with van der Waals surface area (Å²) in [5, 5.41) is 11.3. The summed E-state index contributed by atoms with van der Waals surface area (Å²) in [4.78, 5) is 4.72. The molecule has 0 aromatic carbocycles. The van der Waals surface area contributed by atoms with Gasteiger partial charge >= 0.3 is 0 Å². The zero-order valence-electron chi connectivity index (χ0n) is 14.0. The summed E-state index contributed by atoms with van der Waals surface area (Å²) in [6.45, 7) is 8.91. The van der Waals surface area contributed by atoms with Crippen LogP contribution < -0.4 is 10.6 Å². The SMILES string of the molecule is CCNC(=NCc1c(CC)nn(C)c1CC)NCCSC. The zero-order valence-corrected chi connectivity index (χ0v) is 14.8. The number of guanidine groups is 1. The van der Waals surface area contributed by atoms with Crippen molar-refractivity contribution in [2.45, 2.75) is 40.2 Å². The Morgan fingerprint density at radius 3 is 2.57 bits per heavy atom. The Hall–Kier alpha value is -1.17. The van der Waals surface area contributed by atoms with E-state index < -0.39 is 0 Å². The second-order valence-corrected chi connectivity index (χ2v) is 5.80. The third-order valence-electron chi connectivity index (χ3n) is 3.37. The van der Waals surface area contributed by atoms with Crippen LogP contribution in [-0.4, -0.2) is 40.8 Å². The Bertz CT molecular complexity index is 453. The molecule has 0 saturated carbocycles. The Morgan fingerprint density at radius 2 is 2.00 bits per heavy atom. The molecule has 0 spiro atoms. The van der Waals surface area contributed by atoms with Gasteiger partial charge in [-0.2, -0.15) is 16.9 Å². The molecule has 21 heavy (non-hydrogen) atoms. The summed E-state index contributed by atoms with van der Waals surface area (Å²) in [7, 11) is 2.02. The zero-order chi connectivity index (χ0) is 15.7. The number of nitrogens with one attached hydrogen (secondary N) is 2. The molecule has 0 saturated heterocycles. The van der Waals surface area contributed by atoms with Crippen LogP contribution >= 0.6 is 11.8 Å². The van der Waals surface area contributed by atoms with Crippen molar-refractivity contribution < 1.29 is 0 Å². The lowest BCUT2D eigenvalue weighted by molar-refractivity contribution is 0.703. The van der Waals surface area contributed by atoms with E-state index in [1.54, 1.807) is 0 Å². The minimum absolute atomic E-state index is 0.689. The maximum Gasteiger partial charge on any atom is 0.191 e. The lowest BCUT2D eigenvalue weighted by Crippen LogP contribution is -2.38. The molecule has 0 radical (unpaired) electrons. The first-order chi connectivity index (χ1) is 10.2. The van der Waals surface area contributed by atoms with E-state index >= 15 is 0 Å². The third kappa shape index (κ3) is 5.26. The fourth-order valence-corrected chi connectivity index (χ4v) is 2.65. The molecule has 1 aromatic heterocycles. The van der Waals surface area contributed by atoms with Gasteiger partial charge in [0.15, 0.2) is 5.96 Å². The minimum Gasteiger partial charge on any atom is -0.357 e. The second kappa shape index (κ2) is 9.71. The van der Waals surface area contributed by atoms with Crippen molar-refractivity contribution in [3.05, 3.63) is 17.0 Å². The highest BCUT2D eigenvalue weighted by Gasteiger charge is 2.13. The van der Waals surface area contributed by atoms with Crippen LogP contribution in [0.5, 0.6) is 0 Å². The number of thioether (sulfide) groups is 1. The van der Waals surface area contributed by atoms with Crippen molar-refractivity contribution >= 4 is 17.7 Å². The van der Waals surface area contributed by atoms with Crippen LogP contribution in [0.15, 0.2) is 4.99 Å². The first-order valence-electron chi connectivity index (χ1n) is 7.72. The van der Waals surface area contributed by atoms with Crippen molar-refractivity contribution in [3.63, 3.8) is 0 Å². The van der Waals surface area contributed by atoms with Gasteiger partial charge in [0, 0.05) is 37.1 Å². The summed E-state index contributed by atoms with van der Waals surface area (Å²) < 4.78 is 2.00. The Balaban J connectivity index is 2.83. The highest BCUT2D eigenvalue weighted by atomic mass is 32.2. The fraction of sp³-hybridized carbons (Fsp3) is 0.733. The number of hydrogen-bond acceptors (Lipinski definition) is 3. The van der Waals surface area contributed by atoms with E-state index in [-0.39, 0.29) is 0 Å². The predicted molar refractivity (Wildman–Crippen MR) is 93.2 cm³/mol. The van der Waals surface area contributed by atoms with Gasteiger partial charge in [0.05, 0.1) is 12.2 Å². The van der Waals surface area contributed by atoms with E-state index in [0.717, 1.165) is 43.3 Å². The van der Waals surface area contributed by atoms with Crippen LogP contribution in [0.3, 0.4) is 0 Å². The second-order valence-electron chi connectivity index (χ2n) is 4.82. The molecule has 1 aromatic rings. The number of aromatic nitrogens is 2. The summed E-state index contributed by atoms with van der Waals surface area (Å²) in [6, 6.07) is 0. The average molecular weight is 311 g/mol. The van der Waals surface area contributed by atoms with Gasteiger partial charge in [-0.05, 0) is 26.0 Å². The molecule has 0 aliphatic rings. The third-order valence-corrected chi connectivity index (χ3v) is 3.98. The topological polar surface area (TPSA) is 54.2 Å². The molecule has 6 heteroatoms. The first kappa shape index (κ1) is 17.9. The van der Waals surface area contributed by atoms with Crippen LogP contribution in [0.2, 0.25) is 0 Å². The van der Waals surface area contributed by atoms with Crippen LogP contribution in [0, 0.1) is 0 Å². The molecule has 120 valence electrons. The van der Waals surface area contributed by atoms with E-state index in [4.69, 9.17) is 4.99 Å². The van der Waals surface area contributed by atoms with Crippen LogP contribution in [0.25, 0.3) is 0 Å². The van der Waals surface area contributed by atoms with Gasteiger partial charge in [-0.25, -0.2) is 4.99 Å². The summed E-state index contributed by atoms with van der Waals surface area (Å²) in [5.74, 6) is 1.97. The Labute approximate surface area is 133 Å². The van der Waals surface area contributed by atoms with E-state index in [1.165, 1.54) is 11.3 Å². The van der Waals surface area contributed by atoms with Crippen LogP contribution in [0.4, 0.5) is 0 Å². The average Bonchev–Trinajstić information content (AvgIpc) is 2.80. The maximum atomic E-state index is 4.72. The number of nitrogens with zero attached hydrogens (tertiary/aromatic N) is 3. The molecule has 1 rings (SSSR count). The number of hydrogen-bond donors (Lipinski definition) is 2. The highest BCUT2D eigenvalue weighted by molar-refractivity contribution is 7.98. The van der Waals surface area contributed by atoms with Gasteiger partial charge in [-0.3, -0.25) is 4.68 Å². The van der Waals surface area contributed by atoms with Gasteiger partial charge < -0.3 is 10.6 Å². The quantitative estimate of drug-likeness (QED) is 0.438. The molecule has 0 aliphatic heterocycles. The molecule has 0 fully saturated rings. The monoisotopic (exact) mass is 311 g/mol. The van der Waals surface area contributed by atoms with Crippen molar-refractivity contribution in [2.24, 2.45) is 12.0 Å². The summed E-state index contributed by atoms with van der Waals surface area (Å²) in [5.41, 5.74) is 3.73. The first-order valence-corrected chi connectivity index (χ1v) is 9.11. The summed E-state index contributed by atoms with van der Waals surface area (Å²) >= 11 is 1.83. The van der Waals surface area contributed by atoms with Crippen LogP contribution in [0.1, 0.15) is 37.7 Å². The molecule has 0 aliphatic carbocycles. The van der Waals surface area contributed by atoms with Gasteiger partial charge in [-0.15, -0.1) is 0 Å². The van der Waals surface area contributed by atoms with Gasteiger partial charge in [0.1, 0.15) is 0 Å². The van der Waals surface area contributed by atoms with Crippen molar-refractivity contribution in [1.82, 2.24) is 20.4 Å². The maximum absolute atomic E-state index is 4.72. The van der Waals surface area contributed by atoms with Crippen molar-refractivity contribution in [3.8, 4) is 0 Å². The van der Waals surface area contributed by atoms with E-state index in [9.17, 15) is 0 Å².